The van der Waals surface area contributed by atoms with Crippen molar-refractivity contribution in [3.8, 4) is 0 Å². The van der Waals surface area contributed by atoms with Crippen LogP contribution in [0.3, 0.4) is 0 Å². The van der Waals surface area contributed by atoms with Gasteiger partial charge in [0.1, 0.15) is 16.8 Å². The molecule has 2 aromatic heterocycles. The number of nitrogens with one attached hydrogen (secondary N) is 2. The van der Waals surface area contributed by atoms with Gasteiger partial charge in [0.15, 0.2) is 27.8 Å². The molecule has 0 radical (unpaired) electrons. The fourth-order valence-corrected chi connectivity index (χ4v) is 7.67. The number of amides is 1. The zero-order valence-corrected chi connectivity index (χ0v) is 26.7. The number of likely N-dealkylation sites (tertiary alicyclic amines) is 2. The second kappa shape index (κ2) is 12.0. The molecule has 2 aliphatic rings. The van der Waals surface area contributed by atoms with Crippen LogP contribution >= 0.6 is 0 Å². The number of fused-ring (bicyclic) bond motifs is 4. The quantitative estimate of drug-likeness (QED) is 0.183. The average Bonchev–Trinajstić information content (AvgIpc) is 3.77. The van der Waals surface area contributed by atoms with E-state index in [2.05, 4.69) is 27.5 Å². The third-order valence-corrected chi connectivity index (χ3v) is 10.3. The number of hydrogen-bond acceptors (Lipinski definition) is 8. The molecule has 10 nitrogen and oxygen atoms in total. The molecular weight excluding hydrogens is 613 g/mol. The molecule has 246 valence electrons. The summed E-state index contributed by atoms with van der Waals surface area (Å²) in [4.78, 5) is 59.2. The van der Waals surface area contributed by atoms with Crippen LogP contribution in [-0.2, 0) is 0 Å². The van der Waals surface area contributed by atoms with E-state index < -0.39 is 17.2 Å². The Morgan fingerprint density at radius 3 is 2.33 bits per heavy atom. The molecule has 0 saturated carbocycles. The molecule has 2 fully saturated rings. The van der Waals surface area contributed by atoms with Crippen LogP contribution in [-0.4, -0.2) is 72.5 Å². The molecular formula is C37H36FN5O5. The van der Waals surface area contributed by atoms with Crippen molar-refractivity contribution in [1.82, 2.24) is 19.5 Å². The van der Waals surface area contributed by atoms with Gasteiger partial charge < -0.3 is 29.3 Å². The molecule has 11 heteroatoms. The summed E-state index contributed by atoms with van der Waals surface area (Å²) in [6.45, 7) is 4.53. The van der Waals surface area contributed by atoms with Crippen LogP contribution in [0.4, 0.5) is 10.1 Å². The van der Waals surface area contributed by atoms with E-state index in [1.807, 2.05) is 0 Å². The van der Waals surface area contributed by atoms with Gasteiger partial charge in [0.25, 0.3) is 5.91 Å². The highest BCUT2D eigenvalue weighted by molar-refractivity contribution is 6.08. The molecule has 8 rings (SSSR count). The molecule has 0 spiro atoms. The molecule has 1 unspecified atom stereocenters. The molecule has 2 N–H and O–H groups in total. The van der Waals surface area contributed by atoms with Crippen molar-refractivity contribution < 1.29 is 13.6 Å². The third kappa shape index (κ3) is 5.00. The Bertz CT molecular complexity index is 2430. The SMILES string of the molecule is CN1CCCC1CCNC(=O)c1cn2c3cc4c(=O)c5ccccc5c(=O)c4cc3oc3c(NCCN4CCCC4)c(F)cc(c1=O)c32. The summed E-state index contributed by atoms with van der Waals surface area (Å²) in [5.74, 6) is -1.25. The first kappa shape index (κ1) is 30.5. The number of rotatable bonds is 8. The van der Waals surface area contributed by atoms with E-state index in [9.17, 15) is 19.2 Å². The number of nitrogens with zero attached hydrogens (tertiary/aromatic N) is 3. The number of halogens is 1. The minimum Gasteiger partial charge on any atom is -0.451 e. The first-order valence-electron chi connectivity index (χ1n) is 16.7. The topological polar surface area (TPSA) is 116 Å². The van der Waals surface area contributed by atoms with Crippen LogP contribution in [0, 0.1) is 5.82 Å². The second-order valence-corrected chi connectivity index (χ2v) is 13.2. The number of carbonyl (C=O) groups is 1. The van der Waals surface area contributed by atoms with E-state index in [0.717, 1.165) is 57.8 Å². The van der Waals surface area contributed by atoms with Gasteiger partial charge in [-0.2, -0.15) is 0 Å². The molecule has 6 aromatic rings. The molecule has 48 heavy (non-hydrogen) atoms. The minimum absolute atomic E-state index is 0.0214. The van der Waals surface area contributed by atoms with Gasteiger partial charge >= 0.3 is 0 Å². The van der Waals surface area contributed by atoms with Gasteiger partial charge in [-0.15, -0.1) is 0 Å². The number of aromatic nitrogens is 1. The van der Waals surface area contributed by atoms with E-state index in [0.29, 0.717) is 42.0 Å². The summed E-state index contributed by atoms with van der Waals surface area (Å²) >= 11 is 0. The largest absolute Gasteiger partial charge is 0.451 e. The van der Waals surface area contributed by atoms with Gasteiger partial charge in [0, 0.05) is 53.4 Å². The second-order valence-electron chi connectivity index (χ2n) is 13.2. The molecule has 0 aliphatic carbocycles. The van der Waals surface area contributed by atoms with E-state index in [4.69, 9.17) is 4.42 Å². The van der Waals surface area contributed by atoms with Gasteiger partial charge in [0.2, 0.25) is 5.43 Å². The van der Waals surface area contributed by atoms with E-state index in [1.54, 1.807) is 34.7 Å². The maximum absolute atomic E-state index is 16.0. The molecule has 1 amide bonds. The smallest absolute Gasteiger partial charge is 0.256 e. The summed E-state index contributed by atoms with van der Waals surface area (Å²) in [7, 11) is 2.07. The number of hydrogen-bond donors (Lipinski definition) is 2. The van der Waals surface area contributed by atoms with Crippen LogP contribution in [0.15, 0.2) is 67.5 Å². The molecule has 2 aliphatic heterocycles. The first-order valence-corrected chi connectivity index (χ1v) is 16.7. The lowest BCUT2D eigenvalue weighted by Crippen LogP contribution is -2.34. The summed E-state index contributed by atoms with van der Waals surface area (Å²) in [6.07, 6.45) is 6.61. The van der Waals surface area contributed by atoms with Crippen LogP contribution in [0.25, 0.3) is 49.1 Å². The Hall–Kier alpha value is -4.87. The van der Waals surface area contributed by atoms with Crippen molar-refractivity contribution in [2.45, 2.75) is 38.1 Å². The fraction of sp³-hybridized carbons (Fsp3) is 0.351. The van der Waals surface area contributed by atoms with Crippen molar-refractivity contribution >= 4 is 60.7 Å². The first-order chi connectivity index (χ1) is 23.3. The lowest BCUT2D eigenvalue weighted by atomic mass is 10.0. The van der Waals surface area contributed by atoms with Crippen LogP contribution < -0.4 is 26.9 Å². The van der Waals surface area contributed by atoms with E-state index in [1.165, 1.54) is 12.3 Å². The number of anilines is 1. The Morgan fingerprint density at radius 2 is 1.62 bits per heavy atom. The van der Waals surface area contributed by atoms with Crippen molar-refractivity contribution in [1.29, 1.82) is 0 Å². The Balaban J connectivity index is 1.32. The fourth-order valence-electron chi connectivity index (χ4n) is 7.67. The number of carbonyl (C=O) groups excluding carboxylic acids is 1. The zero-order valence-electron chi connectivity index (χ0n) is 26.7. The standard InChI is InChI=1S/C37H36FN5O5/c1-41-13-6-7-21(41)10-11-40-37(47)27-20-43-29-18-24-25(34(45)23-9-3-2-8-22(23)33(24)44)19-30(29)48-36-31(39-12-16-42-14-4-5-15-42)28(38)17-26(32(36)43)35(27)46/h2-3,8-9,17-21,39H,4-7,10-16H2,1H3,(H,40,47). The average molecular weight is 650 g/mol. The lowest BCUT2D eigenvalue weighted by Gasteiger charge is -2.20. The summed E-state index contributed by atoms with van der Waals surface area (Å²) < 4.78 is 24.0. The minimum atomic E-state index is -0.689. The number of benzene rings is 4. The van der Waals surface area contributed by atoms with Crippen LogP contribution in [0.2, 0.25) is 0 Å². The molecule has 4 aromatic carbocycles. The van der Waals surface area contributed by atoms with Crippen molar-refractivity contribution in [3.05, 3.63) is 90.7 Å². The molecule has 4 heterocycles. The van der Waals surface area contributed by atoms with Crippen LogP contribution in [0.5, 0.6) is 0 Å². The van der Waals surface area contributed by atoms with E-state index in [-0.39, 0.29) is 54.9 Å². The zero-order chi connectivity index (χ0) is 33.1. The van der Waals surface area contributed by atoms with Crippen molar-refractivity contribution in [2.75, 3.05) is 51.6 Å². The molecule has 1 atom stereocenters. The highest BCUT2D eigenvalue weighted by Crippen LogP contribution is 2.35. The van der Waals surface area contributed by atoms with Gasteiger partial charge in [0.05, 0.1) is 10.9 Å². The Labute approximate surface area is 274 Å². The maximum Gasteiger partial charge on any atom is 0.256 e. The molecule has 2 saturated heterocycles. The normalized spacial score (nSPS) is 17.5. The Morgan fingerprint density at radius 1 is 0.896 bits per heavy atom. The van der Waals surface area contributed by atoms with Gasteiger partial charge in [-0.3, -0.25) is 19.2 Å². The predicted octanol–water partition coefficient (Wildman–Crippen LogP) is 4.52. The third-order valence-electron chi connectivity index (χ3n) is 10.3. The lowest BCUT2D eigenvalue weighted by molar-refractivity contribution is 0.0949. The van der Waals surface area contributed by atoms with Crippen LogP contribution in [0.1, 0.15) is 42.5 Å². The predicted molar refractivity (Wildman–Crippen MR) is 186 cm³/mol. The Kier molecular flexibility index (Phi) is 7.60. The highest BCUT2D eigenvalue weighted by Gasteiger charge is 2.25. The summed E-state index contributed by atoms with van der Waals surface area (Å²) in [5.41, 5.74) is -0.393. The summed E-state index contributed by atoms with van der Waals surface area (Å²) in [6, 6.07) is 11.2. The monoisotopic (exact) mass is 649 g/mol. The number of pyridine rings is 1. The van der Waals surface area contributed by atoms with Crippen molar-refractivity contribution in [3.63, 3.8) is 0 Å². The van der Waals surface area contributed by atoms with E-state index >= 15 is 4.39 Å². The maximum atomic E-state index is 16.0. The van der Waals surface area contributed by atoms with Gasteiger partial charge in [-0.25, -0.2) is 4.39 Å². The highest BCUT2D eigenvalue weighted by atomic mass is 19.1. The molecule has 0 bridgehead atoms. The summed E-state index contributed by atoms with van der Waals surface area (Å²) in [5, 5.41) is 7.03. The van der Waals surface area contributed by atoms with Crippen molar-refractivity contribution in [2.24, 2.45) is 0 Å². The van der Waals surface area contributed by atoms with Gasteiger partial charge in [-0.1, -0.05) is 24.3 Å². The van der Waals surface area contributed by atoms with Gasteiger partial charge in [-0.05, 0) is 77.0 Å².